The van der Waals surface area contributed by atoms with Crippen molar-refractivity contribution in [2.45, 2.75) is 26.2 Å². The van der Waals surface area contributed by atoms with Gasteiger partial charge in [0.1, 0.15) is 5.76 Å². The number of halogens is 1. The van der Waals surface area contributed by atoms with Crippen LogP contribution in [0.4, 0.5) is 16.6 Å². The van der Waals surface area contributed by atoms with Crippen LogP contribution in [0.5, 0.6) is 0 Å². The summed E-state index contributed by atoms with van der Waals surface area (Å²) in [7, 11) is 0. The molecule has 2 aromatic heterocycles. The number of hydrogen-bond acceptors (Lipinski definition) is 5. The van der Waals surface area contributed by atoms with E-state index in [1.807, 2.05) is 20.8 Å². The Balaban J connectivity index is 1.98. The van der Waals surface area contributed by atoms with Crippen LogP contribution in [0.3, 0.4) is 0 Å². The highest BCUT2D eigenvalue weighted by Crippen LogP contribution is 2.24. The van der Waals surface area contributed by atoms with Gasteiger partial charge in [0.05, 0.1) is 4.47 Å². The fourth-order valence-electron chi connectivity index (χ4n) is 1.31. The lowest BCUT2D eigenvalue weighted by atomic mass is 9.93. The van der Waals surface area contributed by atoms with Crippen LogP contribution in [0, 0.1) is 0 Å². The Morgan fingerprint density at radius 2 is 1.90 bits per heavy atom. The van der Waals surface area contributed by atoms with E-state index in [1.165, 1.54) is 12.4 Å². The number of carbonyl (C=O) groups is 1. The Labute approximate surface area is 124 Å². The Kier molecular flexibility index (Phi) is 4.03. The molecule has 106 valence electrons. The largest absolute Gasteiger partial charge is 0.359 e. The lowest BCUT2D eigenvalue weighted by Crippen LogP contribution is -2.21. The normalized spacial score (nSPS) is 11.2. The summed E-state index contributed by atoms with van der Waals surface area (Å²) in [4.78, 5) is 19.6. The number of rotatable bonds is 2. The van der Waals surface area contributed by atoms with Crippen molar-refractivity contribution in [1.29, 1.82) is 0 Å². The van der Waals surface area contributed by atoms with Gasteiger partial charge in [-0.3, -0.25) is 10.6 Å². The number of nitrogens with one attached hydrogen (secondary N) is 2. The first-order valence-corrected chi connectivity index (χ1v) is 6.66. The number of urea groups is 1. The summed E-state index contributed by atoms with van der Waals surface area (Å²) < 4.78 is 5.90. The molecule has 2 amide bonds. The number of anilines is 2. The molecule has 0 spiro atoms. The summed E-state index contributed by atoms with van der Waals surface area (Å²) in [5, 5.41) is 8.82. The van der Waals surface area contributed by atoms with Gasteiger partial charge in [0.2, 0.25) is 5.95 Å². The molecule has 0 aliphatic heterocycles. The van der Waals surface area contributed by atoms with Crippen molar-refractivity contribution in [1.82, 2.24) is 15.1 Å². The van der Waals surface area contributed by atoms with Gasteiger partial charge < -0.3 is 4.52 Å². The Bertz CT molecular complexity index is 603. The molecule has 0 unspecified atom stereocenters. The standard InChI is InChI=1S/C12H14BrN5O2/c1-12(2,3)8-4-9(18-20-8)16-11(19)17-10-14-5-7(13)6-15-10/h4-6H,1-3H3,(H2,14,15,16,17,18,19). The zero-order chi connectivity index (χ0) is 14.8. The predicted molar refractivity (Wildman–Crippen MR) is 77.6 cm³/mol. The highest BCUT2D eigenvalue weighted by molar-refractivity contribution is 9.10. The molecule has 0 aliphatic carbocycles. The van der Waals surface area contributed by atoms with Crippen molar-refractivity contribution in [2.75, 3.05) is 10.6 Å². The lowest BCUT2D eigenvalue weighted by molar-refractivity contribution is 0.261. The molecule has 8 heteroatoms. The van der Waals surface area contributed by atoms with Gasteiger partial charge in [-0.1, -0.05) is 25.9 Å². The monoisotopic (exact) mass is 339 g/mol. The lowest BCUT2D eigenvalue weighted by Gasteiger charge is -2.12. The minimum Gasteiger partial charge on any atom is -0.359 e. The molecule has 0 aromatic carbocycles. The quantitative estimate of drug-likeness (QED) is 0.876. The summed E-state index contributed by atoms with van der Waals surface area (Å²) in [6.45, 7) is 5.98. The zero-order valence-corrected chi connectivity index (χ0v) is 12.9. The number of amides is 2. The maximum atomic E-state index is 11.7. The van der Waals surface area contributed by atoms with Gasteiger partial charge in [-0.2, -0.15) is 0 Å². The number of carbonyl (C=O) groups excluding carboxylic acids is 1. The molecule has 2 rings (SSSR count). The summed E-state index contributed by atoms with van der Waals surface area (Å²) in [6, 6.07) is 1.20. The van der Waals surface area contributed by atoms with E-state index in [-0.39, 0.29) is 11.4 Å². The second kappa shape index (κ2) is 5.58. The molecular formula is C12H14BrN5O2. The van der Waals surface area contributed by atoms with Crippen LogP contribution >= 0.6 is 15.9 Å². The Morgan fingerprint density at radius 3 is 2.45 bits per heavy atom. The molecular weight excluding hydrogens is 326 g/mol. The van der Waals surface area contributed by atoms with Crippen molar-refractivity contribution in [3.63, 3.8) is 0 Å². The first kappa shape index (κ1) is 14.4. The van der Waals surface area contributed by atoms with E-state index in [9.17, 15) is 4.79 Å². The van der Waals surface area contributed by atoms with E-state index in [0.717, 1.165) is 4.47 Å². The van der Waals surface area contributed by atoms with Crippen LogP contribution in [-0.2, 0) is 5.41 Å². The number of aromatic nitrogens is 3. The molecule has 0 saturated carbocycles. The third kappa shape index (κ3) is 3.77. The van der Waals surface area contributed by atoms with Crippen LogP contribution < -0.4 is 10.6 Å². The van der Waals surface area contributed by atoms with Gasteiger partial charge in [-0.25, -0.2) is 14.8 Å². The fraction of sp³-hybridized carbons (Fsp3) is 0.333. The highest BCUT2D eigenvalue weighted by Gasteiger charge is 2.20. The number of nitrogens with zero attached hydrogens (tertiary/aromatic N) is 3. The zero-order valence-electron chi connectivity index (χ0n) is 11.3. The van der Waals surface area contributed by atoms with Crippen molar-refractivity contribution in [2.24, 2.45) is 0 Å². The molecule has 0 radical (unpaired) electrons. The first-order valence-electron chi connectivity index (χ1n) is 5.87. The summed E-state index contributed by atoms with van der Waals surface area (Å²) in [5.41, 5.74) is -0.168. The fourth-order valence-corrected chi connectivity index (χ4v) is 1.52. The average Bonchev–Trinajstić information content (AvgIpc) is 2.80. The van der Waals surface area contributed by atoms with Gasteiger partial charge in [0.15, 0.2) is 5.82 Å². The minimum absolute atomic E-state index is 0.168. The highest BCUT2D eigenvalue weighted by atomic mass is 79.9. The van der Waals surface area contributed by atoms with Crippen molar-refractivity contribution >= 4 is 33.7 Å². The van der Waals surface area contributed by atoms with Gasteiger partial charge in [-0.05, 0) is 15.9 Å². The van der Waals surface area contributed by atoms with Crippen LogP contribution in [0.15, 0.2) is 27.5 Å². The molecule has 0 saturated heterocycles. The van der Waals surface area contributed by atoms with Crippen LogP contribution in [0.1, 0.15) is 26.5 Å². The van der Waals surface area contributed by atoms with Crippen molar-refractivity contribution in [3.05, 3.63) is 28.7 Å². The Hall–Kier alpha value is -1.96. The van der Waals surface area contributed by atoms with Crippen molar-refractivity contribution < 1.29 is 9.32 Å². The van der Waals surface area contributed by atoms with E-state index in [1.54, 1.807) is 6.07 Å². The van der Waals surface area contributed by atoms with E-state index in [2.05, 4.69) is 41.7 Å². The molecule has 2 aromatic rings. The minimum atomic E-state index is -0.485. The van der Waals surface area contributed by atoms with E-state index >= 15 is 0 Å². The van der Waals surface area contributed by atoms with Crippen molar-refractivity contribution in [3.8, 4) is 0 Å². The number of hydrogen-bond donors (Lipinski definition) is 2. The van der Waals surface area contributed by atoms with Crippen LogP contribution in [-0.4, -0.2) is 21.2 Å². The average molecular weight is 340 g/mol. The van der Waals surface area contributed by atoms with E-state index in [4.69, 9.17) is 4.52 Å². The third-order valence-electron chi connectivity index (χ3n) is 2.34. The van der Waals surface area contributed by atoms with Gasteiger partial charge in [0, 0.05) is 23.9 Å². The summed E-state index contributed by atoms with van der Waals surface area (Å²) in [6.07, 6.45) is 3.08. The van der Waals surface area contributed by atoms with Gasteiger partial charge in [0.25, 0.3) is 0 Å². The second-order valence-corrected chi connectivity index (χ2v) is 6.05. The van der Waals surface area contributed by atoms with Crippen LogP contribution in [0.2, 0.25) is 0 Å². The molecule has 2 N–H and O–H groups in total. The summed E-state index contributed by atoms with van der Waals surface area (Å²) >= 11 is 3.21. The van der Waals surface area contributed by atoms with E-state index < -0.39 is 6.03 Å². The van der Waals surface area contributed by atoms with E-state index in [0.29, 0.717) is 11.6 Å². The topological polar surface area (TPSA) is 92.9 Å². The Morgan fingerprint density at radius 1 is 1.25 bits per heavy atom. The molecule has 20 heavy (non-hydrogen) atoms. The first-order chi connectivity index (χ1) is 9.34. The molecule has 0 fully saturated rings. The molecule has 0 aliphatic rings. The maximum Gasteiger partial charge on any atom is 0.327 e. The predicted octanol–water partition coefficient (Wildman–Crippen LogP) is 3.17. The molecule has 7 nitrogen and oxygen atoms in total. The van der Waals surface area contributed by atoms with Gasteiger partial charge in [-0.15, -0.1) is 0 Å². The smallest absolute Gasteiger partial charge is 0.327 e. The molecule has 0 atom stereocenters. The van der Waals surface area contributed by atoms with Crippen LogP contribution in [0.25, 0.3) is 0 Å². The van der Waals surface area contributed by atoms with Gasteiger partial charge >= 0.3 is 6.03 Å². The maximum absolute atomic E-state index is 11.7. The summed E-state index contributed by atoms with van der Waals surface area (Å²) in [5.74, 6) is 1.22. The SMILES string of the molecule is CC(C)(C)c1cc(NC(=O)Nc2ncc(Br)cn2)no1. The molecule has 2 heterocycles. The third-order valence-corrected chi connectivity index (χ3v) is 2.75. The molecule has 0 bridgehead atoms. The second-order valence-electron chi connectivity index (χ2n) is 5.13.